The predicted octanol–water partition coefficient (Wildman–Crippen LogP) is 3.19. The van der Waals surface area contributed by atoms with Crippen molar-refractivity contribution in [3.63, 3.8) is 0 Å². The van der Waals surface area contributed by atoms with Gasteiger partial charge in [0.2, 0.25) is 5.91 Å². The van der Waals surface area contributed by atoms with E-state index in [1.807, 2.05) is 0 Å². The Morgan fingerprint density at radius 3 is 2.93 bits per heavy atom. The van der Waals surface area contributed by atoms with Gasteiger partial charge in [-0.2, -0.15) is 5.26 Å². The van der Waals surface area contributed by atoms with Crippen LogP contribution < -0.4 is 5.32 Å². The highest BCUT2D eigenvalue weighted by Gasteiger charge is 2.30. The van der Waals surface area contributed by atoms with Gasteiger partial charge in [0, 0.05) is 36.0 Å². The minimum atomic E-state index is -0.318. The van der Waals surface area contributed by atoms with Crippen molar-refractivity contribution in [1.82, 2.24) is 4.90 Å². The standard InChI is InChI=1S/C21H21N3O5S/c22-12-17-16-3-2-15(29-21(26)24-6-9-27-10-7-24)11-18(16)30-20(17)23-19(25)4-1-14-5-8-28-13-14/h1,4-5,8,13,15H,2-3,6-7,9-11H2,(H,23,25)/b4-1+. The second-order valence-corrected chi connectivity index (χ2v) is 8.15. The van der Waals surface area contributed by atoms with Crippen molar-refractivity contribution < 1.29 is 23.5 Å². The van der Waals surface area contributed by atoms with Crippen LogP contribution in [0, 0.1) is 11.3 Å². The lowest BCUT2D eigenvalue weighted by Crippen LogP contribution is -2.42. The number of ether oxygens (including phenoxy) is 2. The molecular formula is C21H21N3O5S. The molecule has 2 aromatic rings. The fourth-order valence-corrected chi connectivity index (χ4v) is 4.79. The van der Waals surface area contributed by atoms with Gasteiger partial charge in [0.05, 0.1) is 31.3 Å². The number of rotatable bonds is 4. The number of nitriles is 1. The quantitative estimate of drug-likeness (QED) is 0.752. The van der Waals surface area contributed by atoms with E-state index in [9.17, 15) is 14.9 Å². The molecule has 1 aliphatic carbocycles. The molecule has 0 aromatic carbocycles. The highest BCUT2D eigenvalue weighted by atomic mass is 32.1. The predicted molar refractivity (Wildman–Crippen MR) is 110 cm³/mol. The summed E-state index contributed by atoms with van der Waals surface area (Å²) in [6.45, 7) is 2.13. The van der Waals surface area contributed by atoms with E-state index in [2.05, 4.69) is 11.4 Å². The van der Waals surface area contributed by atoms with Crippen molar-refractivity contribution in [1.29, 1.82) is 5.26 Å². The number of furan rings is 1. The van der Waals surface area contributed by atoms with Crippen molar-refractivity contribution >= 4 is 34.4 Å². The van der Waals surface area contributed by atoms with E-state index in [-0.39, 0.29) is 18.1 Å². The first kappa shape index (κ1) is 20.2. The average molecular weight is 427 g/mol. The van der Waals surface area contributed by atoms with E-state index in [0.29, 0.717) is 56.1 Å². The summed E-state index contributed by atoms with van der Waals surface area (Å²) in [5.74, 6) is -0.318. The van der Waals surface area contributed by atoms with Gasteiger partial charge in [-0.15, -0.1) is 11.3 Å². The molecule has 1 unspecified atom stereocenters. The molecule has 1 aliphatic heterocycles. The van der Waals surface area contributed by atoms with Gasteiger partial charge in [0.1, 0.15) is 17.2 Å². The van der Waals surface area contributed by atoms with Crippen LogP contribution in [0.25, 0.3) is 6.08 Å². The van der Waals surface area contributed by atoms with Crippen molar-refractivity contribution in [2.45, 2.75) is 25.4 Å². The minimum Gasteiger partial charge on any atom is -0.472 e. The zero-order chi connectivity index (χ0) is 20.9. The largest absolute Gasteiger partial charge is 0.472 e. The Bertz CT molecular complexity index is 983. The van der Waals surface area contributed by atoms with Gasteiger partial charge in [-0.1, -0.05) is 0 Å². The molecule has 9 heteroatoms. The number of carbonyl (C=O) groups is 2. The van der Waals surface area contributed by atoms with Gasteiger partial charge >= 0.3 is 6.09 Å². The summed E-state index contributed by atoms with van der Waals surface area (Å²) in [5.41, 5.74) is 2.22. The molecule has 0 spiro atoms. The zero-order valence-corrected chi connectivity index (χ0v) is 17.1. The number of fused-ring (bicyclic) bond motifs is 1. The van der Waals surface area contributed by atoms with Crippen molar-refractivity contribution in [3.05, 3.63) is 46.2 Å². The lowest BCUT2D eigenvalue weighted by atomic mass is 9.94. The Kier molecular flexibility index (Phi) is 6.16. The lowest BCUT2D eigenvalue weighted by Gasteiger charge is -2.29. The minimum absolute atomic E-state index is 0.234. The Balaban J connectivity index is 1.41. The fraction of sp³-hybridized carbons (Fsp3) is 0.381. The van der Waals surface area contributed by atoms with Gasteiger partial charge in [0.15, 0.2) is 0 Å². The van der Waals surface area contributed by atoms with Gasteiger partial charge in [-0.05, 0) is 30.5 Å². The number of nitrogens with zero attached hydrogens (tertiary/aromatic N) is 2. The van der Waals surface area contributed by atoms with E-state index in [1.54, 1.807) is 17.0 Å². The molecule has 0 radical (unpaired) electrons. The third kappa shape index (κ3) is 4.56. The van der Waals surface area contributed by atoms with E-state index in [0.717, 1.165) is 16.0 Å². The molecule has 0 bridgehead atoms. The van der Waals surface area contributed by atoms with Crippen LogP contribution in [0.3, 0.4) is 0 Å². The maximum Gasteiger partial charge on any atom is 0.410 e. The molecule has 30 heavy (non-hydrogen) atoms. The van der Waals surface area contributed by atoms with Crippen LogP contribution in [0.15, 0.2) is 29.1 Å². The van der Waals surface area contributed by atoms with E-state index in [1.165, 1.54) is 29.9 Å². The number of amides is 2. The Morgan fingerprint density at radius 2 is 2.20 bits per heavy atom. The second kappa shape index (κ2) is 9.15. The molecule has 3 heterocycles. The molecule has 2 aliphatic rings. The molecule has 8 nitrogen and oxygen atoms in total. The number of carbonyl (C=O) groups excluding carboxylic acids is 2. The summed E-state index contributed by atoms with van der Waals surface area (Å²) in [7, 11) is 0. The van der Waals surface area contributed by atoms with Gasteiger partial charge in [-0.25, -0.2) is 4.79 Å². The van der Waals surface area contributed by atoms with Crippen LogP contribution in [0.4, 0.5) is 9.80 Å². The first-order valence-corrected chi connectivity index (χ1v) is 10.5. The van der Waals surface area contributed by atoms with Gasteiger partial charge < -0.3 is 24.1 Å². The van der Waals surface area contributed by atoms with Crippen LogP contribution in [-0.2, 0) is 27.1 Å². The van der Waals surface area contributed by atoms with Gasteiger partial charge in [0.25, 0.3) is 0 Å². The zero-order valence-electron chi connectivity index (χ0n) is 16.3. The van der Waals surface area contributed by atoms with E-state index >= 15 is 0 Å². The molecule has 4 rings (SSSR count). The summed E-state index contributed by atoms with van der Waals surface area (Å²) in [6, 6.07) is 3.96. The molecule has 156 valence electrons. The number of thiophene rings is 1. The van der Waals surface area contributed by atoms with Crippen molar-refractivity contribution in [3.8, 4) is 6.07 Å². The topological polar surface area (TPSA) is 105 Å². The number of morpholine rings is 1. The Hall–Kier alpha value is -3.09. The highest BCUT2D eigenvalue weighted by Crippen LogP contribution is 2.38. The molecule has 2 aromatic heterocycles. The third-order valence-corrected chi connectivity index (χ3v) is 6.25. The lowest BCUT2D eigenvalue weighted by molar-refractivity contribution is -0.111. The summed E-state index contributed by atoms with van der Waals surface area (Å²) >= 11 is 1.37. The fourth-order valence-electron chi connectivity index (χ4n) is 3.52. The number of anilines is 1. The average Bonchev–Trinajstić information content (AvgIpc) is 3.39. The number of hydrogen-bond donors (Lipinski definition) is 1. The number of nitrogens with one attached hydrogen (secondary N) is 1. The molecule has 1 saturated heterocycles. The summed E-state index contributed by atoms with van der Waals surface area (Å²) < 4.78 is 15.9. The SMILES string of the molecule is N#Cc1c(NC(=O)/C=C/c2ccoc2)sc2c1CCC(OC(=O)N1CCOCC1)C2. The molecule has 1 N–H and O–H groups in total. The Labute approximate surface area is 177 Å². The van der Waals surface area contributed by atoms with Crippen LogP contribution in [0.1, 0.15) is 28.0 Å². The molecular weight excluding hydrogens is 406 g/mol. The summed E-state index contributed by atoms with van der Waals surface area (Å²) in [5, 5.41) is 12.9. The molecule has 1 atom stereocenters. The highest BCUT2D eigenvalue weighted by molar-refractivity contribution is 7.16. The van der Waals surface area contributed by atoms with Crippen molar-refractivity contribution in [2.75, 3.05) is 31.6 Å². The van der Waals surface area contributed by atoms with Crippen LogP contribution in [0.5, 0.6) is 0 Å². The maximum atomic E-state index is 12.3. The van der Waals surface area contributed by atoms with E-state index in [4.69, 9.17) is 13.9 Å². The van der Waals surface area contributed by atoms with Crippen LogP contribution in [0.2, 0.25) is 0 Å². The summed E-state index contributed by atoms with van der Waals surface area (Å²) in [4.78, 5) is 27.2. The second-order valence-electron chi connectivity index (χ2n) is 7.05. The van der Waals surface area contributed by atoms with Crippen LogP contribution in [-0.4, -0.2) is 49.3 Å². The normalized spacial score (nSPS) is 18.6. The van der Waals surface area contributed by atoms with Crippen molar-refractivity contribution in [2.24, 2.45) is 0 Å². The molecule has 0 saturated carbocycles. The van der Waals surface area contributed by atoms with E-state index < -0.39 is 0 Å². The summed E-state index contributed by atoms with van der Waals surface area (Å²) in [6.07, 6.45) is 7.39. The first-order valence-electron chi connectivity index (χ1n) is 9.73. The first-order chi connectivity index (χ1) is 14.6. The monoisotopic (exact) mass is 427 g/mol. The Morgan fingerprint density at radius 1 is 1.37 bits per heavy atom. The number of hydrogen-bond acceptors (Lipinski definition) is 7. The van der Waals surface area contributed by atoms with Crippen LogP contribution >= 0.6 is 11.3 Å². The smallest absolute Gasteiger partial charge is 0.410 e. The third-order valence-electron chi connectivity index (χ3n) is 5.08. The molecule has 2 amide bonds. The molecule has 1 fully saturated rings. The van der Waals surface area contributed by atoms with Gasteiger partial charge in [-0.3, -0.25) is 4.79 Å². The maximum absolute atomic E-state index is 12.3.